The molecule has 1 N–H and O–H groups in total. The third-order valence-corrected chi connectivity index (χ3v) is 4.88. The highest BCUT2D eigenvalue weighted by molar-refractivity contribution is 6.30. The Bertz CT molecular complexity index is 915. The van der Waals surface area contributed by atoms with E-state index in [1.54, 1.807) is 12.1 Å². The highest BCUT2D eigenvalue weighted by Crippen LogP contribution is 2.35. The minimum Gasteiger partial charge on any atom is -0.370 e. The molecular weight excluding hydrogens is 337 g/mol. The predicted molar refractivity (Wildman–Crippen MR) is 100 cm³/mol. The molecule has 0 amide bonds. The van der Waals surface area contributed by atoms with Crippen molar-refractivity contribution in [3.05, 3.63) is 64.4 Å². The maximum Gasteiger partial charge on any atom is 0.133 e. The third kappa shape index (κ3) is 3.02. The van der Waals surface area contributed by atoms with Gasteiger partial charge in [-0.3, -0.25) is 0 Å². The van der Waals surface area contributed by atoms with Crippen molar-refractivity contribution in [1.82, 2.24) is 9.78 Å². The van der Waals surface area contributed by atoms with Crippen LogP contribution in [-0.4, -0.2) is 16.3 Å². The summed E-state index contributed by atoms with van der Waals surface area (Å²) in [5.74, 6) is 0.778. The van der Waals surface area contributed by atoms with Crippen molar-refractivity contribution in [3.8, 4) is 16.9 Å². The van der Waals surface area contributed by atoms with Crippen LogP contribution < -0.4 is 5.32 Å². The molecule has 0 saturated carbocycles. The van der Waals surface area contributed by atoms with E-state index >= 15 is 0 Å². The molecule has 1 aromatic heterocycles. The van der Waals surface area contributed by atoms with Crippen molar-refractivity contribution in [1.29, 1.82) is 0 Å². The molecule has 0 fully saturated rings. The third-order valence-electron chi connectivity index (χ3n) is 4.65. The summed E-state index contributed by atoms with van der Waals surface area (Å²) >= 11 is 6.22. The molecule has 0 bridgehead atoms. The minimum absolute atomic E-state index is 0.238. The van der Waals surface area contributed by atoms with Crippen LogP contribution in [0.2, 0.25) is 5.02 Å². The van der Waals surface area contributed by atoms with Gasteiger partial charge in [-0.25, -0.2) is 9.07 Å². The molecule has 1 aliphatic rings. The Morgan fingerprint density at radius 2 is 1.92 bits per heavy atom. The Morgan fingerprint density at radius 3 is 2.72 bits per heavy atom. The van der Waals surface area contributed by atoms with Crippen LogP contribution in [0.25, 0.3) is 16.9 Å². The van der Waals surface area contributed by atoms with Crippen LogP contribution in [0.4, 0.5) is 10.2 Å². The summed E-state index contributed by atoms with van der Waals surface area (Å²) in [6.45, 7) is 2.97. The number of halogens is 2. The first-order valence-corrected chi connectivity index (χ1v) is 8.89. The van der Waals surface area contributed by atoms with E-state index in [1.807, 2.05) is 29.8 Å². The predicted octanol–water partition coefficient (Wildman–Crippen LogP) is 5.39. The van der Waals surface area contributed by atoms with E-state index in [0.717, 1.165) is 54.1 Å². The number of nitrogens with one attached hydrogen (secondary N) is 1. The second kappa shape index (κ2) is 6.52. The fourth-order valence-electron chi connectivity index (χ4n) is 3.33. The number of rotatable bonds is 2. The molecule has 4 rings (SSSR count). The first-order chi connectivity index (χ1) is 12.1. The highest BCUT2D eigenvalue weighted by atomic mass is 35.5. The number of anilines is 1. The summed E-state index contributed by atoms with van der Waals surface area (Å²) < 4.78 is 15.3. The summed E-state index contributed by atoms with van der Waals surface area (Å²) in [4.78, 5) is 0. The van der Waals surface area contributed by atoms with Crippen molar-refractivity contribution in [2.24, 2.45) is 0 Å². The summed E-state index contributed by atoms with van der Waals surface area (Å²) in [5.41, 5.74) is 5.09. The molecule has 2 aromatic carbocycles. The quantitative estimate of drug-likeness (QED) is 0.668. The van der Waals surface area contributed by atoms with E-state index in [1.165, 1.54) is 17.7 Å². The summed E-state index contributed by atoms with van der Waals surface area (Å²) in [7, 11) is 0. The Kier molecular flexibility index (Phi) is 4.22. The second-order valence-electron chi connectivity index (χ2n) is 6.41. The molecule has 0 radical (unpaired) electrons. The van der Waals surface area contributed by atoms with Crippen LogP contribution in [-0.2, 0) is 6.42 Å². The van der Waals surface area contributed by atoms with Crippen molar-refractivity contribution in [2.75, 3.05) is 11.9 Å². The van der Waals surface area contributed by atoms with Gasteiger partial charge in [0.25, 0.3) is 0 Å². The first-order valence-electron chi connectivity index (χ1n) is 8.52. The minimum atomic E-state index is -0.238. The van der Waals surface area contributed by atoms with Crippen molar-refractivity contribution >= 4 is 17.4 Å². The Hall–Kier alpha value is -2.33. The van der Waals surface area contributed by atoms with Gasteiger partial charge in [0.05, 0.1) is 11.4 Å². The average Bonchev–Trinajstić information content (AvgIpc) is 2.79. The zero-order chi connectivity index (χ0) is 17.4. The molecule has 25 heavy (non-hydrogen) atoms. The molecule has 0 aliphatic carbocycles. The van der Waals surface area contributed by atoms with Crippen LogP contribution >= 0.6 is 11.6 Å². The van der Waals surface area contributed by atoms with Crippen molar-refractivity contribution < 1.29 is 4.39 Å². The van der Waals surface area contributed by atoms with Crippen LogP contribution in [0.5, 0.6) is 0 Å². The van der Waals surface area contributed by atoms with Gasteiger partial charge in [0, 0.05) is 22.7 Å². The largest absolute Gasteiger partial charge is 0.370 e. The van der Waals surface area contributed by atoms with E-state index in [0.29, 0.717) is 5.02 Å². The van der Waals surface area contributed by atoms with Gasteiger partial charge >= 0.3 is 0 Å². The molecule has 0 unspecified atom stereocenters. The van der Waals surface area contributed by atoms with Crippen molar-refractivity contribution in [3.63, 3.8) is 0 Å². The molecule has 3 aromatic rings. The Balaban J connectivity index is 1.93. The number of aromatic nitrogens is 2. The number of nitrogens with zero attached hydrogens (tertiary/aromatic N) is 2. The zero-order valence-corrected chi connectivity index (χ0v) is 14.8. The van der Waals surface area contributed by atoms with E-state index in [-0.39, 0.29) is 5.82 Å². The van der Waals surface area contributed by atoms with Gasteiger partial charge in [0.2, 0.25) is 0 Å². The molecule has 5 heteroatoms. The fraction of sp³-hybridized carbons (Fsp3) is 0.250. The second-order valence-corrected chi connectivity index (χ2v) is 6.85. The van der Waals surface area contributed by atoms with E-state index in [4.69, 9.17) is 16.7 Å². The number of aryl methyl sites for hydroxylation is 1. The molecule has 2 heterocycles. The van der Waals surface area contributed by atoms with E-state index in [2.05, 4.69) is 5.32 Å². The molecule has 0 spiro atoms. The number of hydrogen-bond donors (Lipinski definition) is 1. The lowest BCUT2D eigenvalue weighted by Gasteiger charge is -2.12. The molecule has 0 saturated heterocycles. The number of fused-ring (bicyclic) bond motifs is 1. The van der Waals surface area contributed by atoms with Gasteiger partial charge in [0.1, 0.15) is 11.6 Å². The lowest BCUT2D eigenvalue weighted by molar-refractivity contribution is 0.628. The fourth-order valence-corrected chi connectivity index (χ4v) is 3.49. The molecule has 1 aliphatic heterocycles. The van der Waals surface area contributed by atoms with Crippen LogP contribution in [0.1, 0.15) is 24.0 Å². The molecule has 3 nitrogen and oxygen atoms in total. The lowest BCUT2D eigenvalue weighted by Crippen LogP contribution is -2.08. The van der Waals surface area contributed by atoms with Crippen LogP contribution in [0.15, 0.2) is 42.5 Å². The Labute approximate surface area is 151 Å². The molecule has 128 valence electrons. The highest BCUT2D eigenvalue weighted by Gasteiger charge is 2.22. The van der Waals surface area contributed by atoms with Crippen LogP contribution in [0, 0.1) is 12.7 Å². The summed E-state index contributed by atoms with van der Waals surface area (Å²) in [6, 6.07) is 12.4. The van der Waals surface area contributed by atoms with Gasteiger partial charge in [-0.15, -0.1) is 0 Å². The standard InChI is InChI=1S/C20H19ClFN3/c1-13-5-8-15(21)12-18(13)25-20-17(4-2-3-11-23-20)19(24-25)14-6-9-16(22)10-7-14/h5-10,12,23H,2-4,11H2,1H3. The average molecular weight is 356 g/mol. The normalized spacial score (nSPS) is 13.9. The van der Waals surface area contributed by atoms with E-state index < -0.39 is 0 Å². The molecular formula is C20H19ClFN3. The van der Waals surface area contributed by atoms with Crippen LogP contribution in [0.3, 0.4) is 0 Å². The van der Waals surface area contributed by atoms with Crippen molar-refractivity contribution in [2.45, 2.75) is 26.2 Å². The van der Waals surface area contributed by atoms with E-state index in [9.17, 15) is 4.39 Å². The summed E-state index contributed by atoms with van der Waals surface area (Å²) in [6.07, 6.45) is 3.18. The number of benzene rings is 2. The summed E-state index contributed by atoms with van der Waals surface area (Å²) in [5, 5.41) is 9.08. The van der Waals surface area contributed by atoms with Gasteiger partial charge in [0.15, 0.2) is 0 Å². The lowest BCUT2D eigenvalue weighted by atomic mass is 10.0. The zero-order valence-electron chi connectivity index (χ0n) is 14.0. The monoisotopic (exact) mass is 355 g/mol. The first kappa shape index (κ1) is 16.2. The maximum atomic E-state index is 13.3. The topological polar surface area (TPSA) is 29.9 Å². The SMILES string of the molecule is Cc1ccc(Cl)cc1-n1nc(-c2ccc(F)cc2)c2c1NCCCC2. The number of hydrogen-bond acceptors (Lipinski definition) is 2. The van der Waals surface area contributed by atoms with Gasteiger partial charge < -0.3 is 5.32 Å². The van der Waals surface area contributed by atoms with Gasteiger partial charge in [-0.2, -0.15) is 5.10 Å². The smallest absolute Gasteiger partial charge is 0.133 e. The van der Waals surface area contributed by atoms with Gasteiger partial charge in [-0.05, 0) is 68.1 Å². The molecule has 0 atom stereocenters. The van der Waals surface area contributed by atoms with Gasteiger partial charge in [-0.1, -0.05) is 17.7 Å². The Morgan fingerprint density at radius 1 is 1.12 bits per heavy atom. The maximum absolute atomic E-state index is 13.3.